The Morgan fingerprint density at radius 2 is 2.03 bits per heavy atom. The molecule has 2 atom stereocenters. The highest BCUT2D eigenvalue weighted by Crippen LogP contribution is 2.30. The van der Waals surface area contributed by atoms with Gasteiger partial charge < -0.3 is 15.6 Å². The zero-order chi connectivity index (χ0) is 22.8. The van der Waals surface area contributed by atoms with Crippen LogP contribution >= 0.6 is 11.6 Å². The maximum atomic E-state index is 11.6. The van der Waals surface area contributed by atoms with Crippen molar-refractivity contribution in [3.05, 3.63) is 40.9 Å². The first-order valence-corrected chi connectivity index (χ1v) is 11.7. The normalized spacial score (nSPS) is 18.9. The molecular formula is C24H31ClN6O. The van der Waals surface area contributed by atoms with Gasteiger partial charge in [0.25, 0.3) is 0 Å². The Balaban J connectivity index is 1.73. The largest absolute Gasteiger partial charge is 0.338 e. The van der Waals surface area contributed by atoms with Gasteiger partial charge in [-0.3, -0.25) is 4.79 Å². The second-order valence-corrected chi connectivity index (χ2v) is 9.61. The lowest BCUT2D eigenvalue weighted by Gasteiger charge is -2.28. The molecule has 2 heterocycles. The number of hydrogen-bond donors (Lipinski definition) is 2. The fraction of sp³-hybridized carbons (Fsp3) is 0.500. The average molecular weight is 455 g/mol. The van der Waals surface area contributed by atoms with E-state index in [9.17, 15) is 4.79 Å². The van der Waals surface area contributed by atoms with E-state index < -0.39 is 0 Å². The van der Waals surface area contributed by atoms with Crippen molar-refractivity contribution in [2.45, 2.75) is 71.4 Å². The highest BCUT2D eigenvalue weighted by atomic mass is 35.5. The number of nitrogens with one attached hydrogen (secondary N) is 1. The molecule has 0 spiro atoms. The number of nitrogens with zero attached hydrogens (tertiary/aromatic N) is 4. The Hall–Kier alpha value is -2.51. The summed E-state index contributed by atoms with van der Waals surface area (Å²) in [5, 5.41) is 3.96. The van der Waals surface area contributed by atoms with Crippen molar-refractivity contribution in [1.82, 2.24) is 19.5 Å². The Labute approximate surface area is 193 Å². The van der Waals surface area contributed by atoms with Crippen molar-refractivity contribution < 1.29 is 4.79 Å². The maximum Gasteiger partial charge on any atom is 0.166 e. The van der Waals surface area contributed by atoms with E-state index in [2.05, 4.69) is 28.7 Å². The number of carbonyl (C=O) groups excluding carboxylic acids is 1. The number of fused-ring (bicyclic) bond motifs is 1. The van der Waals surface area contributed by atoms with E-state index in [4.69, 9.17) is 27.3 Å². The molecule has 0 unspecified atom stereocenters. The van der Waals surface area contributed by atoms with Crippen molar-refractivity contribution in [3.63, 3.8) is 0 Å². The van der Waals surface area contributed by atoms with Crippen LogP contribution in [0.5, 0.6) is 0 Å². The second-order valence-electron chi connectivity index (χ2n) is 9.17. The lowest BCUT2D eigenvalue weighted by atomic mass is 9.83. The van der Waals surface area contributed by atoms with Gasteiger partial charge in [0.2, 0.25) is 0 Å². The minimum atomic E-state index is 0.0874. The molecule has 3 N–H and O–H groups in total. The number of Topliss-reactive ketones (excluding diaryl/α,β-unsaturated/α-hetero) is 1. The number of rotatable bonds is 7. The monoisotopic (exact) mass is 454 g/mol. The zero-order valence-electron chi connectivity index (χ0n) is 18.9. The van der Waals surface area contributed by atoms with Crippen LogP contribution in [0.2, 0.25) is 5.02 Å². The molecule has 7 nitrogen and oxygen atoms in total. The van der Waals surface area contributed by atoms with Gasteiger partial charge >= 0.3 is 0 Å². The highest BCUT2D eigenvalue weighted by molar-refractivity contribution is 6.31. The number of carbonyl (C=O) groups is 1. The number of halogens is 1. The first-order valence-electron chi connectivity index (χ1n) is 11.3. The van der Waals surface area contributed by atoms with Gasteiger partial charge in [-0.15, -0.1) is 0 Å². The molecule has 32 heavy (non-hydrogen) atoms. The Morgan fingerprint density at radius 3 is 2.75 bits per heavy atom. The number of imidazole rings is 1. The summed E-state index contributed by atoms with van der Waals surface area (Å²) in [6.07, 6.45) is 7.46. The van der Waals surface area contributed by atoms with E-state index in [1.165, 1.54) is 12.8 Å². The molecule has 1 aliphatic rings. The van der Waals surface area contributed by atoms with Crippen molar-refractivity contribution in [2.24, 2.45) is 11.7 Å². The number of hydrogen-bond acceptors (Lipinski definition) is 6. The molecule has 1 aliphatic carbocycles. The van der Waals surface area contributed by atoms with Crippen LogP contribution in [0.3, 0.4) is 0 Å². The van der Waals surface area contributed by atoms with E-state index in [0.717, 1.165) is 42.0 Å². The third-order valence-corrected chi connectivity index (χ3v) is 6.33. The topological polar surface area (TPSA) is 98.7 Å². The number of nitrogens with two attached hydrogens (primary N) is 1. The predicted molar refractivity (Wildman–Crippen MR) is 128 cm³/mol. The molecule has 1 fully saturated rings. The van der Waals surface area contributed by atoms with Gasteiger partial charge in [0.1, 0.15) is 11.6 Å². The van der Waals surface area contributed by atoms with Crippen LogP contribution in [0, 0.1) is 5.92 Å². The summed E-state index contributed by atoms with van der Waals surface area (Å²) in [6.45, 7) is 5.79. The lowest BCUT2D eigenvalue weighted by Crippen LogP contribution is -2.34. The van der Waals surface area contributed by atoms with Gasteiger partial charge in [0.05, 0.1) is 6.33 Å². The third kappa shape index (κ3) is 5.10. The van der Waals surface area contributed by atoms with Crippen LogP contribution in [0.4, 0.5) is 11.5 Å². The summed E-state index contributed by atoms with van der Waals surface area (Å²) >= 11 is 6.32. The molecule has 170 valence electrons. The van der Waals surface area contributed by atoms with Crippen LogP contribution in [0.25, 0.3) is 11.2 Å². The lowest BCUT2D eigenvalue weighted by molar-refractivity contribution is -0.116. The van der Waals surface area contributed by atoms with Gasteiger partial charge in [-0.05, 0) is 63.3 Å². The van der Waals surface area contributed by atoms with E-state index in [0.29, 0.717) is 28.7 Å². The molecular weight excluding hydrogens is 424 g/mol. The van der Waals surface area contributed by atoms with Gasteiger partial charge in [-0.2, -0.15) is 0 Å². The Kier molecular flexibility index (Phi) is 6.76. The number of anilines is 2. The highest BCUT2D eigenvalue weighted by Gasteiger charge is 2.24. The van der Waals surface area contributed by atoms with Crippen LogP contribution in [-0.4, -0.2) is 31.3 Å². The van der Waals surface area contributed by atoms with Gasteiger partial charge in [-0.25, -0.2) is 15.0 Å². The predicted octanol–water partition coefficient (Wildman–Crippen LogP) is 5.00. The molecule has 8 heteroatoms. The smallest absolute Gasteiger partial charge is 0.166 e. The molecule has 1 saturated carbocycles. The van der Waals surface area contributed by atoms with Crippen molar-refractivity contribution in [2.75, 3.05) is 5.32 Å². The fourth-order valence-corrected chi connectivity index (χ4v) is 4.75. The molecule has 0 saturated heterocycles. The molecule has 4 rings (SSSR count). The summed E-state index contributed by atoms with van der Waals surface area (Å²) in [6, 6.07) is 5.98. The summed E-state index contributed by atoms with van der Waals surface area (Å²) in [7, 11) is 0. The first kappa shape index (κ1) is 22.7. The SMILES string of the molecule is CC(=O)Cc1cc(Cl)cc(Nc2nc(C[C@H]3CCCC[C@H]3N)nc3c2ncn3C(C)C)c1. The second kappa shape index (κ2) is 9.55. The molecule has 3 aromatic rings. The standard InChI is InChI=1S/C24H31ClN6O/c1-14(2)31-13-27-22-23(28-19-10-16(8-15(3)32)9-18(25)12-19)29-21(30-24(22)31)11-17-6-4-5-7-20(17)26/h9-10,12-14,17,20H,4-8,11,26H2,1-3H3,(H,28,29,30)/t17-,20-/m1/s1. The maximum absolute atomic E-state index is 11.6. The van der Waals surface area contributed by atoms with E-state index >= 15 is 0 Å². The van der Waals surface area contributed by atoms with E-state index in [-0.39, 0.29) is 17.9 Å². The molecule has 0 bridgehead atoms. The molecule has 2 aromatic heterocycles. The van der Waals surface area contributed by atoms with Crippen molar-refractivity contribution in [1.29, 1.82) is 0 Å². The number of aromatic nitrogens is 4. The van der Waals surface area contributed by atoms with Crippen LogP contribution in [0.1, 0.15) is 63.9 Å². The van der Waals surface area contributed by atoms with Gasteiger partial charge in [0.15, 0.2) is 17.0 Å². The van der Waals surface area contributed by atoms with Crippen LogP contribution in [0.15, 0.2) is 24.5 Å². The van der Waals surface area contributed by atoms with Gasteiger partial charge in [-0.1, -0.05) is 24.4 Å². The van der Waals surface area contributed by atoms with Gasteiger partial charge in [0, 0.05) is 35.6 Å². The number of benzene rings is 1. The molecule has 0 amide bonds. The Bertz CT molecular complexity index is 1130. The summed E-state index contributed by atoms with van der Waals surface area (Å²) in [5.74, 6) is 1.89. The Morgan fingerprint density at radius 1 is 1.25 bits per heavy atom. The summed E-state index contributed by atoms with van der Waals surface area (Å²) in [4.78, 5) is 25.9. The van der Waals surface area contributed by atoms with E-state index in [1.807, 2.05) is 24.5 Å². The third-order valence-electron chi connectivity index (χ3n) is 6.11. The minimum Gasteiger partial charge on any atom is -0.338 e. The van der Waals surface area contributed by atoms with E-state index in [1.54, 1.807) is 6.92 Å². The average Bonchev–Trinajstić information content (AvgIpc) is 3.13. The minimum absolute atomic E-state index is 0.0874. The van der Waals surface area contributed by atoms with Crippen LogP contribution in [-0.2, 0) is 17.6 Å². The molecule has 1 aromatic carbocycles. The fourth-order valence-electron chi connectivity index (χ4n) is 4.49. The van der Waals surface area contributed by atoms with Crippen LogP contribution < -0.4 is 11.1 Å². The quantitative estimate of drug-likeness (QED) is 0.521. The summed E-state index contributed by atoms with van der Waals surface area (Å²) < 4.78 is 2.06. The van der Waals surface area contributed by atoms with Crippen molar-refractivity contribution >= 4 is 40.1 Å². The molecule has 0 radical (unpaired) electrons. The first-order chi connectivity index (χ1) is 15.3. The summed E-state index contributed by atoms with van der Waals surface area (Å²) in [5.41, 5.74) is 9.55. The van der Waals surface area contributed by atoms with Crippen molar-refractivity contribution in [3.8, 4) is 0 Å². The zero-order valence-corrected chi connectivity index (χ0v) is 19.7. The number of ketones is 1. The molecule has 0 aliphatic heterocycles.